The highest BCUT2D eigenvalue weighted by Crippen LogP contribution is 2.29. The summed E-state index contributed by atoms with van der Waals surface area (Å²) in [7, 11) is 1.31. The number of benzene rings is 1. The van der Waals surface area contributed by atoms with Crippen molar-refractivity contribution in [1.29, 1.82) is 0 Å². The lowest BCUT2D eigenvalue weighted by molar-refractivity contribution is 0.0599. The van der Waals surface area contributed by atoms with Crippen molar-refractivity contribution in [3.05, 3.63) is 33.3 Å². The summed E-state index contributed by atoms with van der Waals surface area (Å²) in [6, 6.07) is 3.44. The predicted molar refractivity (Wildman–Crippen MR) is 65.2 cm³/mol. The molecule has 5 heteroatoms. The Balaban J connectivity index is 3.16. The molecule has 0 spiro atoms. The number of methoxy groups -OCH3 is 1. The van der Waals surface area contributed by atoms with E-state index >= 15 is 0 Å². The second-order valence-corrected chi connectivity index (χ2v) is 4.06. The number of ether oxygens (including phenoxy) is 1. The van der Waals surface area contributed by atoms with Gasteiger partial charge >= 0.3 is 5.97 Å². The van der Waals surface area contributed by atoms with E-state index in [1.54, 1.807) is 12.1 Å². The second kappa shape index (κ2) is 6.09. The van der Waals surface area contributed by atoms with Crippen molar-refractivity contribution in [1.82, 2.24) is 0 Å². The first-order valence-corrected chi connectivity index (χ1v) is 5.62. The Morgan fingerprint density at radius 1 is 1.44 bits per heavy atom. The molecule has 88 valence electrons. The van der Waals surface area contributed by atoms with Gasteiger partial charge < -0.3 is 10.5 Å². The average molecular weight is 262 g/mol. The topological polar surface area (TPSA) is 52.3 Å². The first kappa shape index (κ1) is 13.3. The zero-order chi connectivity index (χ0) is 12.1. The van der Waals surface area contributed by atoms with Crippen molar-refractivity contribution in [3.8, 4) is 0 Å². The highest BCUT2D eigenvalue weighted by Gasteiger charge is 2.18. The molecule has 0 saturated heterocycles. The monoisotopic (exact) mass is 261 g/mol. The van der Waals surface area contributed by atoms with Crippen LogP contribution in [0.4, 0.5) is 0 Å². The van der Waals surface area contributed by atoms with Crippen molar-refractivity contribution in [2.45, 2.75) is 12.8 Å². The number of carbonyl (C=O) groups excluding carboxylic acids is 1. The third kappa shape index (κ3) is 2.88. The molecule has 16 heavy (non-hydrogen) atoms. The lowest BCUT2D eigenvalue weighted by atomic mass is 10.0. The zero-order valence-electron chi connectivity index (χ0n) is 8.93. The Bertz CT molecular complexity index is 394. The molecular weight excluding hydrogens is 249 g/mol. The summed E-state index contributed by atoms with van der Waals surface area (Å²) in [5, 5.41) is 0.585. The summed E-state index contributed by atoms with van der Waals surface area (Å²) in [5.74, 6) is -0.473. The highest BCUT2D eigenvalue weighted by atomic mass is 35.5. The summed E-state index contributed by atoms with van der Waals surface area (Å²) in [6.45, 7) is 0.556. The fraction of sp³-hybridized carbons (Fsp3) is 0.364. The number of nitrogens with two attached hydrogens (primary N) is 1. The Labute approximate surface area is 104 Å². The molecule has 0 bridgehead atoms. The molecule has 0 fully saturated rings. The molecule has 0 saturated carbocycles. The van der Waals surface area contributed by atoms with Gasteiger partial charge in [0.05, 0.1) is 22.7 Å². The molecule has 0 amide bonds. The number of hydrogen-bond donors (Lipinski definition) is 1. The van der Waals surface area contributed by atoms with Gasteiger partial charge in [0.15, 0.2) is 0 Å². The first-order valence-electron chi connectivity index (χ1n) is 4.87. The number of hydrogen-bond acceptors (Lipinski definition) is 3. The van der Waals surface area contributed by atoms with E-state index in [-0.39, 0.29) is 5.02 Å². The zero-order valence-corrected chi connectivity index (χ0v) is 10.4. The van der Waals surface area contributed by atoms with Gasteiger partial charge in [0.2, 0.25) is 0 Å². The van der Waals surface area contributed by atoms with Gasteiger partial charge in [-0.3, -0.25) is 0 Å². The van der Waals surface area contributed by atoms with E-state index in [9.17, 15) is 4.79 Å². The van der Waals surface area contributed by atoms with E-state index in [1.165, 1.54) is 7.11 Å². The second-order valence-electron chi connectivity index (χ2n) is 3.28. The van der Waals surface area contributed by atoms with Gasteiger partial charge in [-0.1, -0.05) is 29.3 Å². The van der Waals surface area contributed by atoms with E-state index in [4.69, 9.17) is 28.9 Å². The molecular formula is C11H13Cl2NO2. The third-order valence-electron chi connectivity index (χ3n) is 2.22. The Morgan fingerprint density at radius 2 is 2.12 bits per heavy atom. The van der Waals surface area contributed by atoms with Gasteiger partial charge in [-0.05, 0) is 31.0 Å². The maximum atomic E-state index is 11.6. The maximum Gasteiger partial charge on any atom is 0.339 e. The van der Waals surface area contributed by atoms with Crippen LogP contribution in [0.15, 0.2) is 12.1 Å². The molecule has 0 aliphatic rings. The van der Waals surface area contributed by atoms with Crippen molar-refractivity contribution >= 4 is 29.2 Å². The van der Waals surface area contributed by atoms with Crippen LogP contribution in [0.5, 0.6) is 0 Å². The average Bonchev–Trinajstić information content (AvgIpc) is 2.29. The standard InChI is InChI=1S/C11H13Cl2NO2/c1-16-11(15)9-7(3-2-6-14)4-5-8(12)10(9)13/h4-5H,2-3,6,14H2,1H3. The molecule has 0 aliphatic heterocycles. The van der Waals surface area contributed by atoms with E-state index < -0.39 is 5.97 Å². The van der Waals surface area contributed by atoms with Crippen molar-refractivity contribution in [2.24, 2.45) is 5.73 Å². The van der Waals surface area contributed by atoms with Crippen LogP contribution >= 0.6 is 23.2 Å². The molecule has 0 unspecified atom stereocenters. The smallest absolute Gasteiger partial charge is 0.339 e. The molecule has 2 N–H and O–H groups in total. The summed E-state index contributed by atoms with van der Waals surface area (Å²) in [5.41, 5.74) is 6.58. The van der Waals surface area contributed by atoms with Crippen LogP contribution in [-0.2, 0) is 11.2 Å². The van der Waals surface area contributed by atoms with Gasteiger partial charge in [-0.15, -0.1) is 0 Å². The fourth-order valence-electron chi connectivity index (χ4n) is 1.41. The van der Waals surface area contributed by atoms with Crippen LogP contribution < -0.4 is 5.73 Å². The van der Waals surface area contributed by atoms with Crippen LogP contribution in [0, 0.1) is 0 Å². The van der Waals surface area contributed by atoms with E-state index in [2.05, 4.69) is 4.74 Å². The van der Waals surface area contributed by atoms with Gasteiger partial charge in [-0.25, -0.2) is 4.79 Å². The minimum absolute atomic E-state index is 0.239. The Kier molecular flexibility index (Phi) is 5.06. The molecule has 0 atom stereocenters. The van der Waals surface area contributed by atoms with E-state index in [0.717, 1.165) is 12.0 Å². The van der Waals surface area contributed by atoms with Crippen LogP contribution in [0.25, 0.3) is 0 Å². The first-order chi connectivity index (χ1) is 7.61. The maximum absolute atomic E-state index is 11.6. The molecule has 1 aromatic rings. The SMILES string of the molecule is COC(=O)c1c(CCCN)ccc(Cl)c1Cl. The highest BCUT2D eigenvalue weighted by molar-refractivity contribution is 6.43. The van der Waals surface area contributed by atoms with Gasteiger partial charge in [0, 0.05) is 0 Å². The third-order valence-corrected chi connectivity index (χ3v) is 3.03. The fourth-order valence-corrected chi connectivity index (χ4v) is 1.83. The minimum Gasteiger partial charge on any atom is -0.465 e. The number of halogens is 2. The summed E-state index contributed by atoms with van der Waals surface area (Å²) < 4.78 is 4.68. The Hall–Kier alpha value is -0.770. The summed E-state index contributed by atoms with van der Waals surface area (Å²) >= 11 is 11.8. The summed E-state index contributed by atoms with van der Waals surface area (Å²) in [4.78, 5) is 11.6. The van der Waals surface area contributed by atoms with Crippen LogP contribution in [0.1, 0.15) is 22.3 Å². The van der Waals surface area contributed by atoms with Crippen LogP contribution in [0.3, 0.4) is 0 Å². The molecule has 1 rings (SSSR count). The molecule has 0 aromatic heterocycles. The quantitative estimate of drug-likeness (QED) is 0.849. The summed E-state index contributed by atoms with van der Waals surface area (Å²) in [6.07, 6.45) is 1.46. The van der Waals surface area contributed by atoms with Gasteiger partial charge in [0.1, 0.15) is 0 Å². The van der Waals surface area contributed by atoms with Gasteiger partial charge in [0.25, 0.3) is 0 Å². The molecule has 1 aromatic carbocycles. The molecule has 3 nitrogen and oxygen atoms in total. The Morgan fingerprint density at radius 3 is 2.69 bits per heavy atom. The number of esters is 1. The van der Waals surface area contributed by atoms with Crippen molar-refractivity contribution < 1.29 is 9.53 Å². The number of rotatable bonds is 4. The van der Waals surface area contributed by atoms with Gasteiger partial charge in [-0.2, -0.15) is 0 Å². The van der Waals surface area contributed by atoms with Crippen LogP contribution in [0.2, 0.25) is 10.0 Å². The van der Waals surface area contributed by atoms with Crippen molar-refractivity contribution in [2.75, 3.05) is 13.7 Å². The van der Waals surface area contributed by atoms with E-state index in [0.29, 0.717) is 23.6 Å². The largest absolute Gasteiger partial charge is 0.465 e. The van der Waals surface area contributed by atoms with Crippen molar-refractivity contribution in [3.63, 3.8) is 0 Å². The minimum atomic E-state index is -0.473. The normalized spacial score (nSPS) is 10.2. The molecule has 0 radical (unpaired) electrons. The predicted octanol–water partition coefficient (Wildman–Crippen LogP) is 2.67. The lowest BCUT2D eigenvalue weighted by Gasteiger charge is -2.10. The molecule has 0 heterocycles. The van der Waals surface area contributed by atoms with E-state index in [1.807, 2.05) is 0 Å². The van der Waals surface area contributed by atoms with Crippen LogP contribution in [-0.4, -0.2) is 19.6 Å². The molecule has 0 aliphatic carbocycles. The number of aryl methyl sites for hydroxylation is 1. The number of carbonyl (C=O) groups is 1. The lowest BCUT2D eigenvalue weighted by Crippen LogP contribution is -2.09.